The Kier molecular flexibility index (Phi) is 4.42. The van der Waals surface area contributed by atoms with Crippen LogP contribution in [-0.2, 0) is 0 Å². The summed E-state index contributed by atoms with van der Waals surface area (Å²) >= 11 is 0. The first-order valence-corrected chi connectivity index (χ1v) is 5.82. The summed E-state index contributed by atoms with van der Waals surface area (Å²) in [4.78, 5) is 21.7. The van der Waals surface area contributed by atoms with Crippen LogP contribution in [0.15, 0.2) is 24.3 Å². The number of nitrogens with one attached hydrogen (secondary N) is 1. The first-order valence-electron chi connectivity index (χ1n) is 5.82. The molecule has 1 N–H and O–H groups in total. The van der Waals surface area contributed by atoms with Crippen LogP contribution in [0.1, 0.15) is 37.6 Å². The van der Waals surface area contributed by atoms with Gasteiger partial charge in [-0.25, -0.2) is 0 Å². The number of nitro groups is 1. The van der Waals surface area contributed by atoms with E-state index in [2.05, 4.69) is 26.1 Å². The highest BCUT2D eigenvalue weighted by Gasteiger charge is 2.12. The molecule has 0 saturated carbocycles. The lowest BCUT2D eigenvalue weighted by Gasteiger charge is -2.17. The first kappa shape index (κ1) is 14.2. The Morgan fingerprint density at radius 2 is 1.83 bits per heavy atom. The van der Waals surface area contributed by atoms with Crippen molar-refractivity contribution < 1.29 is 9.72 Å². The first-order chi connectivity index (χ1) is 8.29. The number of carbonyl (C=O) groups excluding carboxylic acids is 1. The molecule has 0 aliphatic heterocycles. The van der Waals surface area contributed by atoms with E-state index in [9.17, 15) is 14.9 Å². The average molecular weight is 250 g/mol. The van der Waals surface area contributed by atoms with Crippen molar-refractivity contribution in [3.63, 3.8) is 0 Å². The Morgan fingerprint density at radius 1 is 1.28 bits per heavy atom. The van der Waals surface area contributed by atoms with Crippen molar-refractivity contribution in [1.29, 1.82) is 0 Å². The molecule has 0 spiro atoms. The van der Waals surface area contributed by atoms with E-state index in [4.69, 9.17) is 0 Å². The maximum atomic E-state index is 11.7. The van der Waals surface area contributed by atoms with Gasteiger partial charge in [-0.3, -0.25) is 14.9 Å². The molecule has 5 heteroatoms. The van der Waals surface area contributed by atoms with Crippen molar-refractivity contribution in [2.75, 3.05) is 6.54 Å². The molecule has 0 atom stereocenters. The fourth-order valence-corrected chi connectivity index (χ4v) is 1.39. The molecule has 0 radical (unpaired) electrons. The second-order valence-electron chi connectivity index (χ2n) is 5.37. The number of hydrogen-bond donors (Lipinski definition) is 1. The van der Waals surface area contributed by atoms with Crippen LogP contribution in [0.25, 0.3) is 0 Å². The van der Waals surface area contributed by atoms with Crippen LogP contribution in [0.5, 0.6) is 0 Å². The van der Waals surface area contributed by atoms with E-state index in [1.165, 1.54) is 24.3 Å². The lowest BCUT2D eigenvalue weighted by molar-refractivity contribution is -0.384. The standard InChI is InChI=1S/C13H18N2O3/c1-13(2,3)8-9-14-12(16)10-4-6-11(7-5-10)15(17)18/h4-7H,8-9H2,1-3H3,(H,14,16). The predicted octanol–water partition coefficient (Wildman–Crippen LogP) is 2.76. The van der Waals surface area contributed by atoms with Crippen LogP contribution < -0.4 is 5.32 Å². The van der Waals surface area contributed by atoms with Gasteiger partial charge in [-0.1, -0.05) is 20.8 Å². The van der Waals surface area contributed by atoms with Crippen molar-refractivity contribution in [1.82, 2.24) is 5.32 Å². The number of nitrogens with zero attached hydrogens (tertiary/aromatic N) is 1. The topological polar surface area (TPSA) is 72.2 Å². The monoisotopic (exact) mass is 250 g/mol. The summed E-state index contributed by atoms with van der Waals surface area (Å²) in [6.07, 6.45) is 0.881. The van der Waals surface area contributed by atoms with Gasteiger partial charge >= 0.3 is 0 Å². The van der Waals surface area contributed by atoms with Gasteiger partial charge in [0.25, 0.3) is 11.6 Å². The molecule has 1 aromatic carbocycles. The zero-order chi connectivity index (χ0) is 13.8. The molecule has 1 rings (SSSR count). The average Bonchev–Trinajstić information content (AvgIpc) is 2.27. The fraction of sp³-hybridized carbons (Fsp3) is 0.462. The molecule has 1 aromatic rings. The SMILES string of the molecule is CC(C)(C)CCNC(=O)c1ccc([N+](=O)[O-])cc1. The minimum Gasteiger partial charge on any atom is -0.352 e. The number of amides is 1. The molecule has 0 heterocycles. The molecule has 0 aliphatic rings. The zero-order valence-corrected chi connectivity index (χ0v) is 10.9. The van der Waals surface area contributed by atoms with Crippen LogP contribution in [0.4, 0.5) is 5.69 Å². The fourth-order valence-electron chi connectivity index (χ4n) is 1.39. The van der Waals surface area contributed by atoms with E-state index >= 15 is 0 Å². The van der Waals surface area contributed by atoms with Gasteiger partial charge < -0.3 is 5.32 Å². The quantitative estimate of drug-likeness (QED) is 0.659. The highest BCUT2D eigenvalue weighted by atomic mass is 16.6. The smallest absolute Gasteiger partial charge is 0.269 e. The molecule has 98 valence electrons. The van der Waals surface area contributed by atoms with E-state index < -0.39 is 4.92 Å². The van der Waals surface area contributed by atoms with E-state index in [1.54, 1.807) is 0 Å². The highest BCUT2D eigenvalue weighted by molar-refractivity contribution is 5.94. The lowest BCUT2D eigenvalue weighted by Crippen LogP contribution is -2.27. The summed E-state index contributed by atoms with van der Waals surface area (Å²) in [6, 6.07) is 5.59. The molecule has 0 aromatic heterocycles. The number of nitro benzene ring substituents is 1. The van der Waals surface area contributed by atoms with E-state index in [-0.39, 0.29) is 17.0 Å². The van der Waals surface area contributed by atoms with Crippen LogP contribution >= 0.6 is 0 Å². The number of benzene rings is 1. The summed E-state index contributed by atoms with van der Waals surface area (Å²) in [5.41, 5.74) is 0.596. The molecule has 1 amide bonds. The zero-order valence-electron chi connectivity index (χ0n) is 10.9. The summed E-state index contributed by atoms with van der Waals surface area (Å²) in [5.74, 6) is -0.200. The molecule has 18 heavy (non-hydrogen) atoms. The van der Waals surface area contributed by atoms with Crippen LogP contribution in [-0.4, -0.2) is 17.4 Å². The second kappa shape index (κ2) is 5.62. The van der Waals surface area contributed by atoms with Gasteiger partial charge in [0.2, 0.25) is 0 Å². The third-order valence-electron chi connectivity index (χ3n) is 2.50. The molecule has 0 saturated heterocycles. The third-order valence-corrected chi connectivity index (χ3v) is 2.50. The largest absolute Gasteiger partial charge is 0.352 e. The lowest BCUT2D eigenvalue weighted by atomic mass is 9.92. The van der Waals surface area contributed by atoms with Gasteiger partial charge in [-0.15, -0.1) is 0 Å². The molecule has 0 fully saturated rings. The Bertz CT molecular complexity index is 433. The van der Waals surface area contributed by atoms with Crippen LogP contribution in [0.2, 0.25) is 0 Å². The Morgan fingerprint density at radius 3 is 2.28 bits per heavy atom. The molecule has 0 bridgehead atoms. The number of hydrogen-bond acceptors (Lipinski definition) is 3. The van der Waals surface area contributed by atoms with Crippen molar-refractivity contribution in [2.24, 2.45) is 5.41 Å². The van der Waals surface area contributed by atoms with E-state index in [1.807, 2.05) is 0 Å². The molecular formula is C13H18N2O3. The summed E-state index contributed by atoms with van der Waals surface area (Å²) in [5, 5.41) is 13.3. The van der Waals surface area contributed by atoms with E-state index in [0.29, 0.717) is 12.1 Å². The highest BCUT2D eigenvalue weighted by Crippen LogP contribution is 2.17. The van der Waals surface area contributed by atoms with Crippen LogP contribution in [0, 0.1) is 15.5 Å². The van der Waals surface area contributed by atoms with Gasteiger partial charge in [0, 0.05) is 24.2 Å². The minimum atomic E-state index is -0.485. The second-order valence-corrected chi connectivity index (χ2v) is 5.37. The maximum absolute atomic E-state index is 11.7. The van der Waals surface area contributed by atoms with Gasteiger partial charge in [0.1, 0.15) is 0 Å². The maximum Gasteiger partial charge on any atom is 0.269 e. The van der Waals surface area contributed by atoms with E-state index in [0.717, 1.165) is 6.42 Å². The van der Waals surface area contributed by atoms with Gasteiger partial charge in [0.15, 0.2) is 0 Å². The summed E-state index contributed by atoms with van der Waals surface area (Å²) in [7, 11) is 0. The number of carbonyl (C=O) groups is 1. The molecule has 0 unspecified atom stereocenters. The Balaban J connectivity index is 2.54. The summed E-state index contributed by atoms with van der Waals surface area (Å²) in [6.45, 7) is 6.90. The van der Waals surface area contributed by atoms with Crippen molar-refractivity contribution in [3.05, 3.63) is 39.9 Å². The predicted molar refractivity (Wildman–Crippen MR) is 69.5 cm³/mol. The Labute approximate surface area is 106 Å². The van der Waals surface area contributed by atoms with Gasteiger partial charge in [-0.2, -0.15) is 0 Å². The van der Waals surface area contributed by atoms with Crippen molar-refractivity contribution in [3.8, 4) is 0 Å². The van der Waals surface area contributed by atoms with Gasteiger partial charge in [-0.05, 0) is 24.0 Å². The normalized spacial score (nSPS) is 11.1. The third kappa shape index (κ3) is 4.53. The van der Waals surface area contributed by atoms with Crippen molar-refractivity contribution in [2.45, 2.75) is 27.2 Å². The van der Waals surface area contributed by atoms with Gasteiger partial charge in [0.05, 0.1) is 4.92 Å². The molecule has 5 nitrogen and oxygen atoms in total. The minimum absolute atomic E-state index is 0.0127. The molecule has 0 aliphatic carbocycles. The molecular weight excluding hydrogens is 232 g/mol. The number of non-ortho nitro benzene ring substituents is 1. The Hall–Kier alpha value is -1.91. The van der Waals surface area contributed by atoms with Crippen LogP contribution in [0.3, 0.4) is 0 Å². The number of rotatable bonds is 4. The van der Waals surface area contributed by atoms with Crippen molar-refractivity contribution >= 4 is 11.6 Å². The summed E-state index contributed by atoms with van der Waals surface area (Å²) < 4.78 is 0.